The highest BCUT2D eigenvalue weighted by atomic mass is 32.2. The predicted octanol–water partition coefficient (Wildman–Crippen LogP) is 3.72. The smallest absolute Gasteiger partial charge is 0.382 e. The second kappa shape index (κ2) is 8.43. The molecule has 0 bridgehead atoms. The van der Waals surface area contributed by atoms with Gasteiger partial charge in [0.1, 0.15) is 11.4 Å². The topological polar surface area (TPSA) is 119 Å². The van der Waals surface area contributed by atoms with E-state index in [1.807, 2.05) is 9.80 Å². The number of benzene rings is 1. The largest absolute Gasteiger partial charge is 0.501 e. The van der Waals surface area contributed by atoms with Gasteiger partial charge in [-0.25, -0.2) is 18.2 Å². The van der Waals surface area contributed by atoms with Crippen molar-refractivity contribution < 1.29 is 31.5 Å². The maximum Gasteiger partial charge on any atom is 0.501 e. The Morgan fingerprint density at radius 1 is 1.05 bits per heavy atom. The van der Waals surface area contributed by atoms with Gasteiger partial charge >= 0.3 is 11.5 Å². The number of aliphatic hydroxyl groups is 1. The lowest BCUT2D eigenvalue weighted by Crippen LogP contribution is -2.69. The van der Waals surface area contributed by atoms with Gasteiger partial charge in [0.25, 0.3) is 9.84 Å². The molecule has 9 nitrogen and oxygen atoms in total. The minimum atomic E-state index is -5.36. The summed E-state index contributed by atoms with van der Waals surface area (Å²) in [5.41, 5.74) is -5.36. The lowest BCUT2D eigenvalue weighted by atomic mass is 9.57. The van der Waals surface area contributed by atoms with E-state index in [9.17, 15) is 31.5 Å². The third kappa shape index (κ3) is 4.22. The van der Waals surface area contributed by atoms with Gasteiger partial charge in [0.15, 0.2) is 5.82 Å². The average Bonchev–Trinajstić information content (AvgIpc) is 3.21. The fraction of sp³-hybridized carbons (Fsp3) is 0.667. The minimum absolute atomic E-state index is 0.0513. The molecule has 7 rings (SSSR count). The number of likely N-dealkylation sites (tertiary alicyclic amines) is 2. The van der Waals surface area contributed by atoms with Crippen LogP contribution in [-0.4, -0.2) is 76.2 Å². The molecule has 1 aromatic carbocycles. The van der Waals surface area contributed by atoms with E-state index in [1.54, 1.807) is 6.07 Å². The summed E-state index contributed by atoms with van der Waals surface area (Å²) in [4.78, 5) is 20.7. The molecule has 2 aliphatic heterocycles. The number of nitrogens with zero attached hydrogens (tertiary/aromatic N) is 4. The highest BCUT2D eigenvalue weighted by Crippen LogP contribution is 2.57. The molecule has 0 radical (unpaired) electrons. The molecular weight excluding hydrogens is 547 g/mol. The molecule has 1 aromatic heterocycles. The summed E-state index contributed by atoms with van der Waals surface area (Å²) in [6.45, 7) is 2.88. The molecule has 13 heteroatoms. The van der Waals surface area contributed by atoms with Gasteiger partial charge in [-0.3, -0.25) is 5.10 Å². The Balaban J connectivity index is 0.878. The average molecular weight is 580 g/mol. The van der Waals surface area contributed by atoms with Crippen LogP contribution in [0.5, 0.6) is 0 Å². The fourth-order valence-electron chi connectivity index (χ4n) is 7.54. The number of carbonyl (C=O) groups excluding carboxylic acids is 1. The molecule has 3 heterocycles. The third-order valence-corrected chi connectivity index (χ3v) is 11.4. The van der Waals surface area contributed by atoms with Crippen molar-refractivity contribution in [1.29, 1.82) is 0 Å². The van der Waals surface area contributed by atoms with E-state index in [1.165, 1.54) is 6.07 Å². The van der Waals surface area contributed by atoms with E-state index in [4.69, 9.17) is 0 Å². The van der Waals surface area contributed by atoms with E-state index in [-0.39, 0.29) is 28.7 Å². The Morgan fingerprint density at radius 3 is 2.38 bits per heavy atom. The molecule has 0 unspecified atom stereocenters. The van der Waals surface area contributed by atoms with Crippen molar-refractivity contribution in [3.05, 3.63) is 41.5 Å². The summed E-state index contributed by atoms with van der Waals surface area (Å²) in [7, 11) is -5.36. The molecule has 216 valence electrons. The fourth-order valence-corrected chi connectivity index (χ4v) is 8.37. The normalized spacial score (nSPS) is 26.4. The molecule has 5 fully saturated rings. The van der Waals surface area contributed by atoms with Crippen molar-refractivity contribution in [3.8, 4) is 0 Å². The Hall–Kier alpha value is -2.67. The summed E-state index contributed by atoms with van der Waals surface area (Å²) >= 11 is 0. The maximum absolute atomic E-state index is 13.1. The SMILES string of the molecule is O=C(N1CC2(CC(c3nc(C4(O)CC4)n[nH]3)C2)C1)N1CC2(CC[C@H](Cc3cccc(S(=O)(=O)C(F)(F)F)c3)C2)C1. The molecular formula is C27H32F3N5O4S. The second-order valence-electron chi connectivity index (χ2n) is 13.1. The first-order chi connectivity index (χ1) is 18.8. The van der Waals surface area contributed by atoms with Crippen molar-refractivity contribution in [1.82, 2.24) is 25.0 Å². The maximum atomic E-state index is 13.1. The molecule has 40 heavy (non-hydrogen) atoms. The standard InChI is InChI=1S/C27H32F3N5O4S/c28-27(29,30)40(38,39)20-3-1-2-17(9-20)8-18-4-5-24(10-18)13-34(14-24)23(36)35-15-25(16-35)11-19(12-25)21-31-22(33-32-21)26(37)6-7-26/h1-3,9,18-19,37H,4-8,10-16H2,(H,31,32,33)/t18-/m1/s1. The molecule has 5 aliphatic rings. The monoisotopic (exact) mass is 579 g/mol. The molecule has 2 saturated heterocycles. The number of alkyl halides is 3. The van der Waals surface area contributed by atoms with Gasteiger partial charge in [0.05, 0.1) is 4.90 Å². The van der Waals surface area contributed by atoms with Gasteiger partial charge < -0.3 is 14.9 Å². The van der Waals surface area contributed by atoms with E-state index in [0.717, 1.165) is 63.2 Å². The molecule has 2 aromatic rings. The van der Waals surface area contributed by atoms with Crippen molar-refractivity contribution in [3.63, 3.8) is 0 Å². The summed E-state index contributed by atoms with van der Waals surface area (Å²) in [6, 6.07) is 5.26. The molecule has 2 amide bonds. The van der Waals surface area contributed by atoms with Gasteiger partial charge in [0, 0.05) is 42.9 Å². The van der Waals surface area contributed by atoms with Crippen LogP contribution in [0.1, 0.15) is 68.1 Å². The molecule has 1 atom stereocenters. The minimum Gasteiger partial charge on any atom is -0.382 e. The first kappa shape index (κ1) is 26.2. The number of rotatable bonds is 5. The quantitative estimate of drug-likeness (QED) is 0.557. The highest BCUT2D eigenvalue weighted by Gasteiger charge is 2.58. The first-order valence-electron chi connectivity index (χ1n) is 13.9. The third-order valence-electron chi connectivity index (χ3n) is 9.88. The zero-order chi connectivity index (χ0) is 28.1. The molecule has 3 saturated carbocycles. The van der Waals surface area contributed by atoms with Gasteiger partial charge in [0.2, 0.25) is 0 Å². The van der Waals surface area contributed by atoms with E-state index in [2.05, 4.69) is 15.2 Å². The predicted molar refractivity (Wildman–Crippen MR) is 136 cm³/mol. The number of sulfone groups is 1. The van der Waals surface area contributed by atoms with Crippen LogP contribution in [0.2, 0.25) is 0 Å². The van der Waals surface area contributed by atoms with E-state index < -0.39 is 25.8 Å². The second-order valence-corrected chi connectivity index (χ2v) is 15.0. The first-order valence-corrected chi connectivity index (χ1v) is 15.4. The number of hydrogen-bond donors (Lipinski definition) is 2. The summed E-state index contributed by atoms with van der Waals surface area (Å²) in [6.07, 6.45) is 6.61. The number of aromatic nitrogens is 3. The van der Waals surface area contributed by atoms with Gasteiger partial charge in [-0.15, -0.1) is 0 Å². The van der Waals surface area contributed by atoms with Crippen LogP contribution in [0.25, 0.3) is 0 Å². The number of urea groups is 1. The summed E-state index contributed by atoms with van der Waals surface area (Å²) in [5, 5.41) is 17.4. The van der Waals surface area contributed by atoms with E-state index >= 15 is 0 Å². The van der Waals surface area contributed by atoms with Gasteiger partial charge in [-0.1, -0.05) is 12.1 Å². The van der Waals surface area contributed by atoms with E-state index in [0.29, 0.717) is 43.7 Å². The van der Waals surface area contributed by atoms with Crippen LogP contribution in [-0.2, 0) is 21.9 Å². The van der Waals surface area contributed by atoms with Crippen LogP contribution in [0.4, 0.5) is 18.0 Å². The van der Waals surface area contributed by atoms with Crippen LogP contribution in [0.3, 0.4) is 0 Å². The summed E-state index contributed by atoms with van der Waals surface area (Å²) in [5.74, 6) is 1.87. The summed E-state index contributed by atoms with van der Waals surface area (Å²) < 4.78 is 62.4. The highest BCUT2D eigenvalue weighted by molar-refractivity contribution is 7.92. The number of nitrogens with one attached hydrogen (secondary N) is 1. The Bertz CT molecular complexity index is 1450. The number of halogens is 3. The zero-order valence-electron chi connectivity index (χ0n) is 22.0. The van der Waals surface area contributed by atoms with Crippen molar-refractivity contribution in [2.45, 2.75) is 73.3 Å². The zero-order valence-corrected chi connectivity index (χ0v) is 22.8. The van der Waals surface area contributed by atoms with Crippen molar-refractivity contribution in [2.75, 3.05) is 26.2 Å². The number of amides is 2. The van der Waals surface area contributed by atoms with Crippen LogP contribution < -0.4 is 0 Å². The Labute approximate surface area is 230 Å². The Kier molecular flexibility index (Phi) is 5.53. The molecule has 2 spiro atoms. The lowest BCUT2D eigenvalue weighted by Gasteiger charge is -2.60. The van der Waals surface area contributed by atoms with Crippen molar-refractivity contribution >= 4 is 15.9 Å². The number of H-pyrrole nitrogens is 1. The molecule has 2 N–H and O–H groups in total. The molecule has 3 aliphatic carbocycles. The van der Waals surface area contributed by atoms with Gasteiger partial charge in [-0.2, -0.15) is 18.3 Å². The van der Waals surface area contributed by atoms with Gasteiger partial charge in [-0.05, 0) is 75.0 Å². The van der Waals surface area contributed by atoms with Crippen LogP contribution in [0.15, 0.2) is 29.2 Å². The number of aromatic amines is 1. The van der Waals surface area contributed by atoms with Crippen molar-refractivity contribution in [2.24, 2.45) is 16.7 Å². The number of hydrogen-bond acceptors (Lipinski definition) is 6. The van der Waals surface area contributed by atoms with Crippen LogP contribution >= 0.6 is 0 Å². The number of carbonyl (C=O) groups is 1. The van der Waals surface area contributed by atoms with Crippen LogP contribution in [0, 0.1) is 16.7 Å². The Morgan fingerprint density at radius 2 is 1.73 bits per heavy atom. The lowest BCUT2D eigenvalue weighted by molar-refractivity contribution is -0.0707.